The lowest BCUT2D eigenvalue weighted by Crippen LogP contribution is -2.14. The molecule has 0 aromatic carbocycles. The predicted molar refractivity (Wildman–Crippen MR) is 63.0 cm³/mol. The largest absolute Gasteiger partial charge is 0.396 e. The van der Waals surface area contributed by atoms with Crippen LogP contribution < -0.4 is 5.73 Å². The van der Waals surface area contributed by atoms with E-state index in [0.717, 1.165) is 20.2 Å². The Balaban J connectivity index is 3.04. The molecule has 5 heteroatoms. The number of nitrogens with zero attached hydrogens (tertiary/aromatic N) is 1. The molecule has 1 aromatic rings. The van der Waals surface area contributed by atoms with E-state index in [2.05, 4.69) is 36.8 Å². The summed E-state index contributed by atoms with van der Waals surface area (Å²) in [5.74, 6) is 0. The fourth-order valence-corrected chi connectivity index (χ4v) is 2.29. The number of hydrogen-bond donors (Lipinski definition) is 2. The topological polar surface area (TPSA) is 59.1 Å². The molecule has 0 spiro atoms. The molecular formula is C9H12Br2N2O. The Morgan fingerprint density at radius 3 is 2.79 bits per heavy atom. The molecule has 1 atom stereocenters. The number of aliphatic hydroxyl groups excluding tert-OH is 1. The van der Waals surface area contributed by atoms with Gasteiger partial charge in [0.25, 0.3) is 0 Å². The van der Waals surface area contributed by atoms with Gasteiger partial charge in [0.2, 0.25) is 0 Å². The minimum absolute atomic E-state index is 0.0738. The minimum atomic E-state index is -0.221. The van der Waals surface area contributed by atoms with E-state index in [9.17, 15) is 0 Å². The molecule has 0 amide bonds. The third kappa shape index (κ3) is 2.53. The van der Waals surface area contributed by atoms with Crippen LogP contribution >= 0.6 is 31.9 Å². The van der Waals surface area contributed by atoms with Gasteiger partial charge in [-0.15, -0.1) is 0 Å². The molecule has 0 bridgehead atoms. The molecule has 0 aliphatic carbocycles. The number of hydrogen-bond acceptors (Lipinski definition) is 3. The van der Waals surface area contributed by atoms with Crippen molar-refractivity contribution in [3.63, 3.8) is 0 Å². The molecule has 0 radical (unpaired) electrons. The van der Waals surface area contributed by atoms with E-state index in [1.54, 1.807) is 6.20 Å². The van der Waals surface area contributed by atoms with Crippen LogP contribution in [0.15, 0.2) is 15.1 Å². The molecule has 0 saturated heterocycles. The predicted octanol–water partition coefficient (Wildman–Crippen LogP) is 2.30. The van der Waals surface area contributed by atoms with Gasteiger partial charge in [0, 0.05) is 21.7 Å². The second kappa shape index (κ2) is 5.21. The van der Waals surface area contributed by atoms with E-state index >= 15 is 0 Å². The Kier molecular flexibility index (Phi) is 4.50. The maximum absolute atomic E-state index is 8.78. The Bertz CT molecular complexity index is 331. The van der Waals surface area contributed by atoms with Crippen molar-refractivity contribution in [2.24, 2.45) is 5.73 Å². The van der Waals surface area contributed by atoms with Crippen LogP contribution in [0.2, 0.25) is 0 Å². The molecule has 1 unspecified atom stereocenters. The summed E-state index contributed by atoms with van der Waals surface area (Å²) in [7, 11) is 0. The average molecular weight is 324 g/mol. The van der Waals surface area contributed by atoms with Crippen molar-refractivity contribution < 1.29 is 5.11 Å². The van der Waals surface area contributed by atoms with Gasteiger partial charge < -0.3 is 10.8 Å². The summed E-state index contributed by atoms with van der Waals surface area (Å²) in [5, 5.41) is 8.78. The zero-order chi connectivity index (χ0) is 10.7. The molecule has 0 saturated carbocycles. The van der Waals surface area contributed by atoms with Crippen molar-refractivity contribution in [1.82, 2.24) is 4.98 Å². The van der Waals surface area contributed by atoms with E-state index in [1.807, 2.05) is 6.92 Å². The lowest BCUT2D eigenvalue weighted by Gasteiger charge is -2.13. The molecule has 14 heavy (non-hydrogen) atoms. The van der Waals surface area contributed by atoms with Gasteiger partial charge in [-0.1, -0.05) is 0 Å². The summed E-state index contributed by atoms with van der Waals surface area (Å²) in [6.45, 7) is 2.05. The molecule has 0 aliphatic rings. The summed E-state index contributed by atoms with van der Waals surface area (Å²) in [6, 6.07) is -0.221. The number of rotatable bonds is 3. The van der Waals surface area contributed by atoms with E-state index < -0.39 is 0 Å². The third-order valence-corrected chi connectivity index (χ3v) is 3.82. The van der Waals surface area contributed by atoms with Crippen LogP contribution in [0.4, 0.5) is 0 Å². The SMILES string of the molecule is Cc1c(Br)cnc(C(N)CCO)c1Br. The average Bonchev–Trinajstić information content (AvgIpc) is 2.15. The smallest absolute Gasteiger partial charge is 0.0717 e. The lowest BCUT2D eigenvalue weighted by molar-refractivity contribution is 0.275. The molecule has 0 fully saturated rings. The highest BCUT2D eigenvalue weighted by molar-refractivity contribution is 9.11. The van der Waals surface area contributed by atoms with Gasteiger partial charge >= 0.3 is 0 Å². The van der Waals surface area contributed by atoms with Gasteiger partial charge in [-0.3, -0.25) is 4.98 Å². The summed E-state index contributed by atoms with van der Waals surface area (Å²) in [6.07, 6.45) is 2.25. The maximum Gasteiger partial charge on any atom is 0.0717 e. The number of aliphatic hydroxyl groups is 1. The van der Waals surface area contributed by atoms with Crippen LogP contribution in [0, 0.1) is 6.92 Å². The molecule has 3 N–H and O–H groups in total. The van der Waals surface area contributed by atoms with Gasteiger partial charge in [-0.25, -0.2) is 0 Å². The summed E-state index contributed by atoms with van der Waals surface area (Å²) < 4.78 is 1.86. The zero-order valence-corrected chi connectivity index (χ0v) is 11.0. The van der Waals surface area contributed by atoms with Crippen LogP contribution in [0.25, 0.3) is 0 Å². The monoisotopic (exact) mass is 322 g/mol. The van der Waals surface area contributed by atoms with E-state index in [0.29, 0.717) is 6.42 Å². The first kappa shape index (κ1) is 12.1. The van der Waals surface area contributed by atoms with E-state index in [4.69, 9.17) is 10.8 Å². The highest BCUT2D eigenvalue weighted by Crippen LogP contribution is 2.29. The van der Waals surface area contributed by atoms with Crippen molar-refractivity contribution in [3.05, 3.63) is 26.4 Å². The van der Waals surface area contributed by atoms with Crippen molar-refractivity contribution in [1.29, 1.82) is 0 Å². The summed E-state index contributed by atoms with van der Waals surface area (Å²) in [4.78, 5) is 4.23. The van der Waals surface area contributed by atoms with E-state index in [-0.39, 0.29) is 12.6 Å². The van der Waals surface area contributed by atoms with Gasteiger partial charge in [0.15, 0.2) is 0 Å². The Morgan fingerprint density at radius 2 is 2.21 bits per heavy atom. The third-order valence-electron chi connectivity index (χ3n) is 2.02. The van der Waals surface area contributed by atoms with Gasteiger partial charge in [0.05, 0.1) is 11.7 Å². The highest BCUT2D eigenvalue weighted by Gasteiger charge is 2.13. The van der Waals surface area contributed by atoms with Gasteiger partial charge in [-0.05, 0) is 50.8 Å². The van der Waals surface area contributed by atoms with Crippen LogP contribution in [0.5, 0.6) is 0 Å². The first-order valence-electron chi connectivity index (χ1n) is 4.24. The quantitative estimate of drug-likeness (QED) is 0.897. The summed E-state index contributed by atoms with van der Waals surface area (Å²) in [5.41, 5.74) is 7.72. The van der Waals surface area contributed by atoms with Crippen LogP contribution in [0.3, 0.4) is 0 Å². The van der Waals surface area contributed by atoms with Crippen LogP contribution in [-0.4, -0.2) is 16.7 Å². The maximum atomic E-state index is 8.78. The molecule has 3 nitrogen and oxygen atoms in total. The van der Waals surface area contributed by atoms with Gasteiger partial charge in [0.1, 0.15) is 0 Å². The van der Waals surface area contributed by atoms with Crippen molar-refractivity contribution in [2.75, 3.05) is 6.61 Å². The molecule has 1 aromatic heterocycles. The van der Waals surface area contributed by atoms with Crippen molar-refractivity contribution in [3.8, 4) is 0 Å². The van der Waals surface area contributed by atoms with Crippen molar-refractivity contribution >= 4 is 31.9 Å². The first-order valence-corrected chi connectivity index (χ1v) is 5.83. The fourth-order valence-electron chi connectivity index (χ4n) is 1.11. The molecular weight excluding hydrogens is 312 g/mol. The molecule has 78 valence electrons. The number of aromatic nitrogens is 1. The Labute approximate surface area is 100.0 Å². The second-order valence-corrected chi connectivity index (χ2v) is 4.70. The standard InChI is InChI=1S/C9H12Br2N2O/c1-5-6(10)4-13-9(8(5)11)7(12)2-3-14/h4,7,14H,2-3,12H2,1H3. The van der Waals surface area contributed by atoms with Crippen LogP contribution in [0.1, 0.15) is 23.7 Å². The Morgan fingerprint density at radius 1 is 1.57 bits per heavy atom. The molecule has 1 rings (SSSR count). The Hall–Kier alpha value is 0.0300. The summed E-state index contributed by atoms with van der Waals surface area (Å²) >= 11 is 6.83. The van der Waals surface area contributed by atoms with Gasteiger partial charge in [-0.2, -0.15) is 0 Å². The fraction of sp³-hybridized carbons (Fsp3) is 0.444. The number of pyridine rings is 1. The second-order valence-electron chi connectivity index (χ2n) is 3.05. The number of nitrogens with two attached hydrogens (primary N) is 1. The van der Waals surface area contributed by atoms with Crippen molar-refractivity contribution in [2.45, 2.75) is 19.4 Å². The normalized spacial score (nSPS) is 12.9. The highest BCUT2D eigenvalue weighted by atomic mass is 79.9. The van der Waals surface area contributed by atoms with E-state index in [1.165, 1.54) is 0 Å². The number of halogens is 2. The first-order chi connectivity index (χ1) is 6.57. The molecule has 0 aliphatic heterocycles. The lowest BCUT2D eigenvalue weighted by atomic mass is 10.1. The zero-order valence-electron chi connectivity index (χ0n) is 7.80. The van der Waals surface area contributed by atoms with Crippen LogP contribution in [-0.2, 0) is 0 Å². The minimum Gasteiger partial charge on any atom is -0.396 e. The molecule has 1 heterocycles.